The van der Waals surface area contributed by atoms with Crippen LogP contribution in [0.3, 0.4) is 0 Å². The summed E-state index contributed by atoms with van der Waals surface area (Å²) in [6.07, 6.45) is 0. The van der Waals surface area contributed by atoms with Crippen LogP contribution in [-0.2, 0) is 0 Å². The average Bonchev–Trinajstić information content (AvgIpc) is 2.05. The van der Waals surface area contributed by atoms with Gasteiger partial charge in [-0.15, -0.1) is 0 Å². The molecule has 0 saturated carbocycles. The third kappa shape index (κ3) is 2.32. The first-order chi connectivity index (χ1) is 5.24. The fourth-order valence-corrected chi connectivity index (χ4v) is 1.31. The summed E-state index contributed by atoms with van der Waals surface area (Å²) >= 11 is 6.71. The van der Waals surface area contributed by atoms with Gasteiger partial charge >= 0.3 is 0 Å². The maximum atomic E-state index is 8.56. The fourth-order valence-electron chi connectivity index (χ4n) is 0.744. The monoisotopic (exact) mass is 273 g/mol. The van der Waals surface area contributed by atoms with Gasteiger partial charge in [-0.3, -0.25) is 0 Å². The van der Waals surface area contributed by atoms with Gasteiger partial charge in [-0.25, -0.2) is 0 Å². The Morgan fingerprint density at radius 1 is 1.36 bits per heavy atom. The highest BCUT2D eigenvalue weighted by atomic mass is 79.9. The Balaban J connectivity index is 3.03. The number of nitriles is 1. The molecule has 0 spiro atoms. The van der Waals surface area contributed by atoms with E-state index in [9.17, 15) is 0 Å². The lowest BCUT2D eigenvalue weighted by Crippen LogP contribution is -1.81. The van der Waals surface area contributed by atoms with Gasteiger partial charge in [0, 0.05) is 0 Å². The molecule has 0 N–H and O–H groups in total. The van der Waals surface area contributed by atoms with Crippen molar-refractivity contribution in [1.82, 2.24) is 0 Å². The zero-order chi connectivity index (χ0) is 8.27. The average molecular weight is 275 g/mol. The van der Waals surface area contributed by atoms with Gasteiger partial charge in [0.05, 0.1) is 15.4 Å². The largest absolute Gasteiger partial charge is 0.192 e. The van der Waals surface area contributed by atoms with Crippen LogP contribution in [0.1, 0.15) is 14.9 Å². The molecular weight excluding hydrogens is 270 g/mol. The molecule has 1 aromatic carbocycles. The molecular formula is C8H5Br2N. The molecule has 0 saturated heterocycles. The van der Waals surface area contributed by atoms with E-state index in [-0.39, 0.29) is 3.74 Å². The first kappa shape index (κ1) is 8.76. The van der Waals surface area contributed by atoms with Gasteiger partial charge in [-0.2, -0.15) is 5.26 Å². The lowest BCUT2D eigenvalue weighted by molar-refractivity contribution is 1.39. The SMILES string of the molecule is N#Cc1cccc(C(Br)Br)c1. The van der Waals surface area contributed by atoms with Crippen molar-refractivity contribution < 1.29 is 0 Å². The number of halogens is 2. The van der Waals surface area contributed by atoms with E-state index in [0.29, 0.717) is 5.56 Å². The highest BCUT2D eigenvalue weighted by Gasteiger charge is 2.01. The van der Waals surface area contributed by atoms with E-state index in [0.717, 1.165) is 5.56 Å². The molecule has 3 heteroatoms. The van der Waals surface area contributed by atoms with E-state index in [4.69, 9.17) is 5.26 Å². The molecule has 0 aliphatic heterocycles. The zero-order valence-corrected chi connectivity index (χ0v) is 8.76. The summed E-state index contributed by atoms with van der Waals surface area (Å²) in [7, 11) is 0. The molecule has 0 fully saturated rings. The lowest BCUT2D eigenvalue weighted by Gasteiger charge is -2.00. The Hall–Kier alpha value is -0.330. The predicted octanol–water partition coefficient (Wildman–Crippen LogP) is 3.35. The Kier molecular flexibility index (Phi) is 3.10. The molecule has 0 amide bonds. The van der Waals surface area contributed by atoms with Crippen molar-refractivity contribution in [1.29, 1.82) is 5.26 Å². The van der Waals surface area contributed by atoms with Crippen LogP contribution in [0, 0.1) is 11.3 Å². The van der Waals surface area contributed by atoms with Gasteiger partial charge in [-0.1, -0.05) is 44.0 Å². The van der Waals surface area contributed by atoms with Gasteiger partial charge in [-0.05, 0) is 17.7 Å². The summed E-state index contributed by atoms with van der Waals surface area (Å²) in [5, 5.41) is 8.56. The quantitative estimate of drug-likeness (QED) is 0.721. The van der Waals surface area contributed by atoms with Crippen LogP contribution >= 0.6 is 31.9 Å². The van der Waals surface area contributed by atoms with E-state index in [2.05, 4.69) is 37.9 Å². The summed E-state index contributed by atoms with van der Waals surface area (Å²) in [5.74, 6) is 0. The number of benzene rings is 1. The maximum Gasteiger partial charge on any atom is 0.0991 e. The molecule has 0 radical (unpaired) electrons. The lowest BCUT2D eigenvalue weighted by atomic mass is 10.2. The van der Waals surface area contributed by atoms with Crippen LogP contribution in [0.25, 0.3) is 0 Å². The molecule has 0 aliphatic carbocycles. The number of nitrogens with zero attached hydrogens (tertiary/aromatic N) is 1. The third-order valence-electron chi connectivity index (χ3n) is 1.27. The summed E-state index contributed by atoms with van der Waals surface area (Å²) < 4.78 is 0.128. The van der Waals surface area contributed by atoms with Gasteiger partial charge in [0.25, 0.3) is 0 Å². The first-order valence-corrected chi connectivity index (χ1v) is 4.85. The van der Waals surface area contributed by atoms with E-state index in [1.54, 1.807) is 6.07 Å². The van der Waals surface area contributed by atoms with Crippen molar-refractivity contribution in [3.8, 4) is 6.07 Å². The third-order valence-corrected chi connectivity index (χ3v) is 2.33. The minimum atomic E-state index is 0.128. The smallest absolute Gasteiger partial charge is 0.0991 e. The Bertz CT molecular complexity index is 288. The summed E-state index contributed by atoms with van der Waals surface area (Å²) in [6, 6.07) is 9.52. The number of rotatable bonds is 1. The number of hydrogen-bond donors (Lipinski definition) is 0. The molecule has 0 aromatic heterocycles. The molecule has 56 valence electrons. The standard InChI is InChI=1S/C8H5Br2N/c9-8(10)7-3-1-2-6(4-7)5-11/h1-4,8H. The Labute approximate surface area is 82.3 Å². The zero-order valence-electron chi connectivity index (χ0n) is 5.59. The van der Waals surface area contributed by atoms with Crippen LogP contribution in [0.4, 0.5) is 0 Å². The molecule has 0 heterocycles. The predicted molar refractivity (Wildman–Crippen MR) is 51.8 cm³/mol. The normalized spacial score (nSPS) is 9.64. The second-order valence-electron chi connectivity index (χ2n) is 2.04. The number of alkyl halides is 2. The van der Waals surface area contributed by atoms with Crippen molar-refractivity contribution >= 4 is 31.9 Å². The van der Waals surface area contributed by atoms with Crippen LogP contribution in [-0.4, -0.2) is 0 Å². The van der Waals surface area contributed by atoms with Crippen molar-refractivity contribution in [3.05, 3.63) is 35.4 Å². The Morgan fingerprint density at radius 2 is 2.09 bits per heavy atom. The van der Waals surface area contributed by atoms with Crippen LogP contribution < -0.4 is 0 Å². The topological polar surface area (TPSA) is 23.8 Å². The highest BCUT2D eigenvalue weighted by Crippen LogP contribution is 2.29. The van der Waals surface area contributed by atoms with Crippen LogP contribution in [0.5, 0.6) is 0 Å². The fraction of sp³-hybridized carbons (Fsp3) is 0.125. The van der Waals surface area contributed by atoms with Crippen molar-refractivity contribution in [3.63, 3.8) is 0 Å². The van der Waals surface area contributed by atoms with Gasteiger partial charge < -0.3 is 0 Å². The maximum absolute atomic E-state index is 8.56. The molecule has 0 aliphatic rings. The van der Waals surface area contributed by atoms with E-state index in [1.807, 2.05) is 18.2 Å². The number of hydrogen-bond acceptors (Lipinski definition) is 1. The van der Waals surface area contributed by atoms with Gasteiger partial charge in [0.15, 0.2) is 0 Å². The van der Waals surface area contributed by atoms with Crippen molar-refractivity contribution in [2.75, 3.05) is 0 Å². The summed E-state index contributed by atoms with van der Waals surface area (Å²) in [5.41, 5.74) is 1.75. The van der Waals surface area contributed by atoms with Gasteiger partial charge in [0.1, 0.15) is 0 Å². The minimum absolute atomic E-state index is 0.128. The molecule has 0 atom stereocenters. The van der Waals surface area contributed by atoms with E-state index < -0.39 is 0 Å². The van der Waals surface area contributed by atoms with Crippen LogP contribution in [0.2, 0.25) is 0 Å². The molecule has 11 heavy (non-hydrogen) atoms. The molecule has 1 rings (SSSR count). The van der Waals surface area contributed by atoms with Crippen LogP contribution in [0.15, 0.2) is 24.3 Å². The molecule has 1 aromatic rings. The highest BCUT2D eigenvalue weighted by molar-refractivity contribution is 9.24. The van der Waals surface area contributed by atoms with E-state index in [1.165, 1.54) is 0 Å². The summed E-state index contributed by atoms with van der Waals surface area (Å²) in [4.78, 5) is 0. The summed E-state index contributed by atoms with van der Waals surface area (Å²) in [6.45, 7) is 0. The molecule has 0 unspecified atom stereocenters. The van der Waals surface area contributed by atoms with E-state index >= 15 is 0 Å². The first-order valence-electron chi connectivity index (χ1n) is 3.02. The Morgan fingerprint density at radius 3 is 2.64 bits per heavy atom. The van der Waals surface area contributed by atoms with Crippen molar-refractivity contribution in [2.45, 2.75) is 3.74 Å². The van der Waals surface area contributed by atoms with Crippen molar-refractivity contribution in [2.24, 2.45) is 0 Å². The minimum Gasteiger partial charge on any atom is -0.192 e. The van der Waals surface area contributed by atoms with Gasteiger partial charge in [0.2, 0.25) is 0 Å². The molecule has 1 nitrogen and oxygen atoms in total. The second kappa shape index (κ2) is 3.89. The molecule has 0 bridgehead atoms. The second-order valence-corrected chi connectivity index (χ2v) is 5.10.